The second-order valence-corrected chi connectivity index (χ2v) is 13.0. The predicted molar refractivity (Wildman–Crippen MR) is 158 cm³/mol. The first-order valence-electron chi connectivity index (χ1n) is 15.1. The molecule has 1 saturated heterocycles. The molecule has 230 valence electrons. The fraction of sp³-hybridized carbons (Fsp3) is 0.576. The van der Waals surface area contributed by atoms with Crippen LogP contribution in [0.25, 0.3) is 0 Å². The van der Waals surface area contributed by atoms with E-state index in [2.05, 4.69) is 55.7 Å². The maximum atomic E-state index is 14.0. The second kappa shape index (κ2) is 13.6. The molecule has 2 unspecified atom stereocenters. The summed E-state index contributed by atoms with van der Waals surface area (Å²) in [4.78, 5) is 26.3. The van der Waals surface area contributed by atoms with Crippen molar-refractivity contribution in [3.05, 3.63) is 70.8 Å². The summed E-state index contributed by atoms with van der Waals surface area (Å²) >= 11 is 0. The highest BCUT2D eigenvalue weighted by Crippen LogP contribution is 2.38. The van der Waals surface area contributed by atoms with Gasteiger partial charge in [-0.15, -0.1) is 0 Å². The number of aliphatic hydroxyl groups excluding tert-OH is 1. The minimum absolute atomic E-state index is 0.0153. The lowest BCUT2D eigenvalue weighted by atomic mass is 9.74. The smallest absolute Gasteiger partial charge is 0.317 e. The molecular weight excluding hydrogens is 540 g/mol. The first kappa shape index (κ1) is 32.0. The summed E-state index contributed by atoms with van der Waals surface area (Å²) in [6.45, 7) is 6.94. The molecule has 0 spiro atoms. The third kappa shape index (κ3) is 8.14. The highest BCUT2D eigenvalue weighted by Gasteiger charge is 2.37. The van der Waals surface area contributed by atoms with Gasteiger partial charge in [-0.3, -0.25) is 14.5 Å². The van der Waals surface area contributed by atoms with E-state index in [0.29, 0.717) is 24.9 Å². The lowest BCUT2D eigenvalue weighted by Gasteiger charge is -2.41. The van der Waals surface area contributed by atoms with Crippen molar-refractivity contribution >= 4 is 11.9 Å². The van der Waals surface area contributed by atoms with E-state index < -0.39 is 35.8 Å². The van der Waals surface area contributed by atoms with Gasteiger partial charge in [0.1, 0.15) is 11.6 Å². The SMILES string of the molecule is CC(C)(C)c1cccc(C2(NC[C@H](O)C(Cc3cc(F)cc(F)c3)NC(=O)C3CCCN3CC(=O)O)CCCCC2)c1. The van der Waals surface area contributed by atoms with Gasteiger partial charge in [-0.05, 0) is 72.9 Å². The van der Waals surface area contributed by atoms with Crippen LogP contribution in [0.15, 0.2) is 42.5 Å². The molecule has 0 radical (unpaired) electrons. The van der Waals surface area contributed by atoms with Gasteiger partial charge in [0, 0.05) is 18.2 Å². The molecule has 7 nitrogen and oxygen atoms in total. The monoisotopic (exact) mass is 585 g/mol. The molecule has 2 aromatic carbocycles. The number of halogens is 2. The highest BCUT2D eigenvalue weighted by molar-refractivity contribution is 5.83. The van der Waals surface area contributed by atoms with Gasteiger partial charge in [0.2, 0.25) is 5.91 Å². The van der Waals surface area contributed by atoms with Crippen LogP contribution in [-0.4, -0.2) is 64.8 Å². The molecule has 1 amide bonds. The third-order valence-electron chi connectivity index (χ3n) is 8.81. The Hall–Kier alpha value is -2.88. The second-order valence-electron chi connectivity index (χ2n) is 13.0. The van der Waals surface area contributed by atoms with Gasteiger partial charge >= 0.3 is 5.97 Å². The van der Waals surface area contributed by atoms with E-state index in [4.69, 9.17) is 0 Å². The van der Waals surface area contributed by atoms with Crippen LogP contribution in [0.1, 0.15) is 82.4 Å². The number of rotatable bonds is 11. The van der Waals surface area contributed by atoms with Crippen molar-refractivity contribution in [3.63, 3.8) is 0 Å². The van der Waals surface area contributed by atoms with E-state index in [1.54, 1.807) is 4.90 Å². The van der Waals surface area contributed by atoms with Crippen molar-refractivity contribution in [2.24, 2.45) is 0 Å². The fourth-order valence-electron chi connectivity index (χ4n) is 6.48. The molecule has 0 aromatic heterocycles. The number of carbonyl (C=O) groups excluding carboxylic acids is 1. The number of carboxylic acid groups (broad SMARTS) is 1. The molecule has 2 fully saturated rings. The van der Waals surface area contributed by atoms with Gasteiger partial charge in [0.05, 0.1) is 24.7 Å². The molecule has 2 aromatic rings. The van der Waals surface area contributed by atoms with Crippen LogP contribution in [0.5, 0.6) is 0 Å². The predicted octanol–water partition coefficient (Wildman–Crippen LogP) is 4.65. The molecule has 9 heteroatoms. The Morgan fingerprint density at radius 1 is 1.05 bits per heavy atom. The van der Waals surface area contributed by atoms with Crippen LogP contribution in [-0.2, 0) is 27.0 Å². The molecule has 4 N–H and O–H groups in total. The Bertz CT molecular complexity index is 1220. The summed E-state index contributed by atoms with van der Waals surface area (Å²) in [6.07, 6.45) is 5.19. The minimum atomic E-state index is -1.07. The van der Waals surface area contributed by atoms with E-state index in [-0.39, 0.29) is 36.4 Å². The molecule has 0 bridgehead atoms. The molecule has 3 atom stereocenters. The van der Waals surface area contributed by atoms with Crippen molar-refractivity contribution in [1.82, 2.24) is 15.5 Å². The number of aliphatic carboxylic acids is 1. The Labute approximate surface area is 247 Å². The summed E-state index contributed by atoms with van der Waals surface area (Å²) in [5.74, 6) is -2.86. The Balaban J connectivity index is 1.56. The summed E-state index contributed by atoms with van der Waals surface area (Å²) in [5, 5.41) is 27.4. The van der Waals surface area contributed by atoms with Gasteiger partial charge in [0.25, 0.3) is 0 Å². The molecule has 2 aliphatic rings. The molecule has 1 heterocycles. The van der Waals surface area contributed by atoms with Crippen LogP contribution in [0.3, 0.4) is 0 Å². The number of carbonyl (C=O) groups is 2. The van der Waals surface area contributed by atoms with E-state index >= 15 is 0 Å². The number of amides is 1. The Morgan fingerprint density at radius 3 is 2.38 bits per heavy atom. The first-order chi connectivity index (χ1) is 19.9. The third-order valence-corrected chi connectivity index (χ3v) is 8.81. The largest absolute Gasteiger partial charge is 0.480 e. The van der Waals surface area contributed by atoms with E-state index in [1.807, 2.05) is 0 Å². The zero-order valence-electron chi connectivity index (χ0n) is 25.0. The number of benzene rings is 2. The number of carboxylic acids is 1. The maximum absolute atomic E-state index is 14.0. The molecular formula is C33H45F2N3O4. The van der Waals surface area contributed by atoms with Crippen molar-refractivity contribution in [1.29, 1.82) is 0 Å². The maximum Gasteiger partial charge on any atom is 0.317 e. The highest BCUT2D eigenvalue weighted by atomic mass is 19.1. The van der Waals surface area contributed by atoms with Gasteiger partial charge in [-0.1, -0.05) is 64.3 Å². The Morgan fingerprint density at radius 2 is 1.74 bits per heavy atom. The van der Waals surface area contributed by atoms with Crippen LogP contribution >= 0.6 is 0 Å². The normalized spacial score (nSPS) is 20.7. The molecule has 1 aliphatic carbocycles. The van der Waals surface area contributed by atoms with Crippen LogP contribution in [0, 0.1) is 11.6 Å². The van der Waals surface area contributed by atoms with E-state index in [1.165, 1.54) is 23.3 Å². The average molecular weight is 586 g/mol. The molecule has 1 aliphatic heterocycles. The van der Waals surface area contributed by atoms with Crippen molar-refractivity contribution in [3.8, 4) is 0 Å². The quantitative estimate of drug-likeness (QED) is 0.306. The lowest BCUT2D eigenvalue weighted by Crippen LogP contribution is -2.56. The Kier molecular flexibility index (Phi) is 10.4. The van der Waals surface area contributed by atoms with Crippen LogP contribution < -0.4 is 10.6 Å². The van der Waals surface area contributed by atoms with E-state index in [9.17, 15) is 28.6 Å². The topological polar surface area (TPSA) is 102 Å². The zero-order valence-corrected chi connectivity index (χ0v) is 25.0. The van der Waals surface area contributed by atoms with Crippen molar-refractivity contribution < 1.29 is 28.6 Å². The summed E-state index contributed by atoms with van der Waals surface area (Å²) in [6, 6.07) is 10.3. The minimum Gasteiger partial charge on any atom is -0.480 e. The van der Waals surface area contributed by atoms with Gasteiger partial charge in [-0.2, -0.15) is 0 Å². The number of nitrogens with one attached hydrogen (secondary N) is 2. The summed E-state index contributed by atoms with van der Waals surface area (Å²) in [7, 11) is 0. The average Bonchev–Trinajstić information content (AvgIpc) is 3.38. The molecule has 42 heavy (non-hydrogen) atoms. The number of aliphatic hydroxyl groups is 1. The first-order valence-corrected chi connectivity index (χ1v) is 15.1. The summed E-state index contributed by atoms with van der Waals surface area (Å²) < 4.78 is 28.1. The van der Waals surface area contributed by atoms with Gasteiger partial charge in [-0.25, -0.2) is 8.78 Å². The van der Waals surface area contributed by atoms with Crippen LogP contribution in [0.2, 0.25) is 0 Å². The number of hydrogen-bond acceptors (Lipinski definition) is 5. The van der Waals surface area contributed by atoms with Gasteiger partial charge in [0.15, 0.2) is 0 Å². The number of hydrogen-bond donors (Lipinski definition) is 4. The molecule has 1 saturated carbocycles. The standard InChI is InChI=1S/C33H45F2N3O4/c1-32(2,3)23-9-7-10-24(18-23)33(12-5-4-6-13-33)36-20-29(39)27(17-22-15-25(34)19-26(35)16-22)37-31(42)28-11-8-14-38(28)21-30(40)41/h7,9-10,15-16,18-19,27-29,36,39H,4-6,8,11-14,17,20-21H2,1-3H3,(H,37,42)(H,40,41)/t27?,28?,29-/m0/s1. The van der Waals surface area contributed by atoms with E-state index in [0.717, 1.165) is 38.2 Å². The van der Waals surface area contributed by atoms with Crippen molar-refractivity contribution in [2.45, 2.75) is 101 Å². The van der Waals surface area contributed by atoms with Gasteiger partial charge < -0.3 is 20.8 Å². The fourth-order valence-corrected chi connectivity index (χ4v) is 6.48. The van der Waals surface area contributed by atoms with Crippen molar-refractivity contribution in [2.75, 3.05) is 19.6 Å². The zero-order chi connectivity index (χ0) is 30.5. The summed E-state index contributed by atoms with van der Waals surface area (Å²) in [5.41, 5.74) is 2.35. The lowest BCUT2D eigenvalue weighted by molar-refractivity contribution is -0.139. The number of nitrogens with zero attached hydrogens (tertiary/aromatic N) is 1. The van der Waals surface area contributed by atoms with Crippen LogP contribution in [0.4, 0.5) is 8.78 Å². The molecule has 4 rings (SSSR count). The number of likely N-dealkylation sites (tertiary alicyclic amines) is 1.